The third kappa shape index (κ3) is 4.60. The number of benzene rings is 1. The quantitative estimate of drug-likeness (QED) is 0.658. The first-order valence-corrected chi connectivity index (χ1v) is 9.78. The first-order valence-electron chi connectivity index (χ1n) is 9.78. The van der Waals surface area contributed by atoms with Crippen molar-refractivity contribution in [3.05, 3.63) is 77.9 Å². The van der Waals surface area contributed by atoms with Gasteiger partial charge in [-0.15, -0.1) is 0 Å². The van der Waals surface area contributed by atoms with Crippen LogP contribution in [-0.2, 0) is 11.3 Å². The number of nitrogens with zero attached hydrogens (tertiary/aromatic N) is 4. The molecule has 2 aromatic heterocycles. The molecule has 29 heavy (non-hydrogen) atoms. The topological polar surface area (TPSA) is 41.5 Å². The van der Waals surface area contributed by atoms with E-state index in [2.05, 4.69) is 16.0 Å². The highest BCUT2D eigenvalue weighted by molar-refractivity contribution is 5.59. The van der Waals surface area contributed by atoms with Gasteiger partial charge in [0, 0.05) is 51.1 Å². The number of hydrogen-bond donors (Lipinski definition) is 0. The standard InChI is InChI=1S/C23H25FN4O/c1-27(2)23-18(7-5-11-25-23)15-28-12-13-29-22(16-28)21-10-4-9-20(26-21)17-6-3-8-19(24)14-17/h3-11,14,22H,12-13,15-16H2,1-2H3/t22-/m0/s1. The Labute approximate surface area is 170 Å². The Kier molecular flexibility index (Phi) is 5.83. The van der Waals surface area contributed by atoms with Crippen LogP contribution in [0.1, 0.15) is 17.4 Å². The van der Waals surface area contributed by atoms with Gasteiger partial charge in [0.1, 0.15) is 17.7 Å². The largest absolute Gasteiger partial charge is 0.369 e. The molecule has 4 rings (SSSR count). The van der Waals surface area contributed by atoms with Gasteiger partial charge in [-0.3, -0.25) is 9.88 Å². The zero-order chi connectivity index (χ0) is 20.2. The van der Waals surface area contributed by atoms with Gasteiger partial charge in [0.15, 0.2) is 0 Å². The number of ether oxygens (including phenoxy) is 1. The zero-order valence-corrected chi connectivity index (χ0v) is 16.8. The summed E-state index contributed by atoms with van der Waals surface area (Å²) >= 11 is 0. The summed E-state index contributed by atoms with van der Waals surface area (Å²) in [7, 11) is 4.02. The maximum atomic E-state index is 13.6. The number of hydrogen-bond acceptors (Lipinski definition) is 5. The average Bonchev–Trinajstić information content (AvgIpc) is 2.74. The third-order valence-electron chi connectivity index (χ3n) is 5.06. The first-order chi connectivity index (χ1) is 14.1. The normalized spacial score (nSPS) is 17.3. The Bertz CT molecular complexity index is 978. The van der Waals surface area contributed by atoms with Crippen LogP contribution >= 0.6 is 0 Å². The van der Waals surface area contributed by atoms with Crippen LogP contribution in [0.15, 0.2) is 60.8 Å². The van der Waals surface area contributed by atoms with E-state index in [1.165, 1.54) is 17.7 Å². The van der Waals surface area contributed by atoms with Crippen molar-refractivity contribution in [3.63, 3.8) is 0 Å². The molecular formula is C23H25FN4O. The van der Waals surface area contributed by atoms with Crippen LogP contribution in [0.25, 0.3) is 11.3 Å². The summed E-state index contributed by atoms with van der Waals surface area (Å²) in [5, 5.41) is 0. The Morgan fingerprint density at radius 1 is 1.14 bits per heavy atom. The zero-order valence-electron chi connectivity index (χ0n) is 16.8. The summed E-state index contributed by atoms with van der Waals surface area (Å²) in [6.07, 6.45) is 1.71. The monoisotopic (exact) mass is 392 g/mol. The minimum atomic E-state index is -0.261. The average molecular weight is 392 g/mol. The lowest BCUT2D eigenvalue weighted by Crippen LogP contribution is -2.38. The van der Waals surface area contributed by atoms with Crippen LogP contribution in [-0.4, -0.2) is 48.7 Å². The van der Waals surface area contributed by atoms with E-state index in [-0.39, 0.29) is 11.9 Å². The van der Waals surface area contributed by atoms with E-state index in [0.29, 0.717) is 6.61 Å². The van der Waals surface area contributed by atoms with Crippen molar-refractivity contribution in [2.45, 2.75) is 12.6 Å². The number of halogens is 1. The first kappa shape index (κ1) is 19.5. The van der Waals surface area contributed by atoms with Crippen LogP contribution < -0.4 is 4.90 Å². The molecule has 0 saturated carbocycles. The molecule has 3 heterocycles. The molecular weight excluding hydrogens is 367 g/mol. The molecule has 0 N–H and O–H groups in total. The number of pyridine rings is 2. The van der Waals surface area contributed by atoms with Gasteiger partial charge in [0.25, 0.3) is 0 Å². The molecule has 5 nitrogen and oxygen atoms in total. The molecule has 3 aromatic rings. The summed E-state index contributed by atoms with van der Waals surface area (Å²) in [5.41, 5.74) is 3.59. The lowest BCUT2D eigenvalue weighted by molar-refractivity contribution is -0.0349. The van der Waals surface area contributed by atoms with Gasteiger partial charge in [-0.25, -0.2) is 9.37 Å². The highest BCUT2D eigenvalue weighted by atomic mass is 19.1. The van der Waals surface area contributed by atoms with E-state index in [0.717, 1.165) is 42.4 Å². The SMILES string of the molecule is CN(C)c1ncccc1CN1CCO[C@H](c2cccc(-c3cccc(F)c3)n2)C1. The van der Waals surface area contributed by atoms with Gasteiger partial charge in [-0.1, -0.05) is 24.3 Å². The summed E-state index contributed by atoms with van der Waals surface area (Å²) in [5.74, 6) is 0.727. The molecule has 6 heteroatoms. The van der Waals surface area contributed by atoms with Crippen LogP contribution in [0.5, 0.6) is 0 Å². The van der Waals surface area contributed by atoms with Crippen molar-refractivity contribution in [3.8, 4) is 11.3 Å². The van der Waals surface area contributed by atoms with Gasteiger partial charge in [-0.2, -0.15) is 0 Å². The van der Waals surface area contributed by atoms with Crippen LogP contribution in [0.4, 0.5) is 10.2 Å². The van der Waals surface area contributed by atoms with Gasteiger partial charge in [0.05, 0.1) is 18.0 Å². The van der Waals surface area contributed by atoms with Gasteiger partial charge >= 0.3 is 0 Å². The predicted octanol–water partition coefficient (Wildman–Crippen LogP) is 3.92. The Balaban J connectivity index is 1.51. The molecule has 1 fully saturated rings. The third-order valence-corrected chi connectivity index (χ3v) is 5.06. The van der Waals surface area contributed by atoms with E-state index in [1.54, 1.807) is 6.07 Å². The molecule has 0 amide bonds. The summed E-state index contributed by atoms with van der Waals surface area (Å²) < 4.78 is 19.6. The summed E-state index contributed by atoms with van der Waals surface area (Å²) in [6.45, 7) is 3.07. The maximum Gasteiger partial charge on any atom is 0.132 e. The minimum Gasteiger partial charge on any atom is -0.369 e. The van der Waals surface area contributed by atoms with Crippen molar-refractivity contribution in [2.24, 2.45) is 0 Å². The number of aromatic nitrogens is 2. The minimum absolute atomic E-state index is 0.114. The second-order valence-corrected chi connectivity index (χ2v) is 7.43. The Morgan fingerprint density at radius 2 is 2.00 bits per heavy atom. The predicted molar refractivity (Wildman–Crippen MR) is 112 cm³/mol. The van der Waals surface area contributed by atoms with Gasteiger partial charge < -0.3 is 9.64 Å². The number of anilines is 1. The fraction of sp³-hybridized carbons (Fsp3) is 0.304. The van der Waals surface area contributed by atoms with E-state index < -0.39 is 0 Å². The smallest absolute Gasteiger partial charge is 0.132 e. The van der Waals surface area contributed by atoms with Crippen LogP contribution in [0, 0.1) is 5.82 Å². The highest BCUT2D eigenvalue weighted by Gasteiger charge is 2.24. The lowest BCUT2D eigenvalue weighted by atomic mass is 10.1. The second-order valence-electron chi connectivity index (χ2n) is 7.43. The molecule has 1 aliphatic heterocycles. The summed E-state index contributed by atoms with van der Waals surface area (Å²) in [6, 6.07) is 16.4. The fourth-order valence-corrected chi connectivity index (χ4v) is 3.66. The van der Waals surface area contributed by atoms with Crippen LogP contribution in [0.3, 0.4) is 0 Å². The molecule has 1 saturated heterocycles. The van der Waals surface area contributed by atoms with E-state index in [9.17, 15) is 4.39 Å². The summed E-state index contributed by atoms with van der Waals surface area (Å²) in [4.78, 5) is 13.7. The molecule has 0 bridgehead atoms. The molecule has 0 unspecified atom stereocenters. The van der Waals surface area contributed by atoms with Crippen molar-refractivity contribution >= 4 is 5.82 Å². The highest BCUT2D eigenvalue weighted by Crippen LogP contribution is 2.26. The van der Waals surface area contributed by atoms with Gasteiger partial charge in [-0.05, 0) is 30.3 Å². The molecule has 0 aliphatic carbocycles. The van der Waals surface area contributed by atoms with Crippen molar-refractivity contribution in [1.29, 1.82) is 0 Å². The second kappa shape index (κ2) is 8.68. The number of rotatable bonds is 5. The molecule has 1 aliphatic rings. The lowest BCUT2D eigenvalue weighted by Gasteiger charge is -2.33. The van der Waals surface area contributed by atoms with E-state index in [1.807, 2.05) is 55.5 Å². The Hall–Kier alpha value is -2.83. The number of morpholine rings is 1. The maximum absolute atomic E-state index is 13.6. The van der Waals surface area contributed by atoms with Crippen molar-refractivity contribution in [2.75, 3.05) is 38.7 Å². The van der Waals surface area contributed by atoms with Crippen LogP contribution in [0.2, 0.25) is 0 Å². The molecule has 1 aromatic carbocycles. The molecule has 1 atom stereocenters. The molecule has 0 spiro atoms. The fourth-order valence-electron chi connectivity index (χ4n) is 3.66. The molecule has 0 radical (unpaired) electrons. The van der Waals surface area contributed by atoms with E-state index in [4.69, 9.17) is 9.72 Å². The molecule has 150 valence electrons. The van der Waals surface area contributed by atoms with E-state index >= 15 is 0 Å². The van der Waals surface area contributed by atoms with Crippen molar-refractivity contribution < 1.29 is 9.13 Å². The Morgan fingerprint density at radius 3 is 2.83 bits per heavy atom. The van der Waals surface area contributed by atoms with Gasteiger partial charge in [0.2, 0.25) is 0 Å². The van der Waals surface area contributed by atoms with Crippen molar-refractivity contribution in [1.82, 2.24) is 14.9 Å².